The average Bonchev–Trinajstić information content (AvgIpc) is 2.20. The number of thiocarbonyl (C=S) groups is 1. The van der Waals surface area contributed by atoms with Crippen LogP contribution in [0.4, 0.5) is 11.4 Å². The Morgan fingerprint density at radius 1 is 1.60 bits per heavy atom. The number of nitrogen functional groups attached to an aromatic ring is 1. The number of rotatable bonds is 4. The number of aromatic nitrogens is 1. The van der Waals surface area contributed by atoms with Crippen molar-refractivity contribution in [2.45, 2.75) is 19.8 Å². The van der Waals surface area contributed by atoms with Crippen molar-refractivity contribution in [3.63, 3.8) is 0 Å². The highest BCUT2D eigenvalue weighted by atomic mass is 32.1. The van der Waals surface area contributed by atoms with Crippen LogP contribution in [0, 0.1) is 0 Å². The largest absolute Gasteiger partial charge is 0.397 e. The zero-order valence-electron chi connectivity index (χ0n) is 8.81. The summed E-state index contributed by atoms with van der Waals surface area (Å²) in [6.07, 6.45) is 5.44. The predicted molar refractivity (Wildman–Crippen MR) is 67.7 cm³/mol. The minimum absolute atomic E-state index is 0.336. The Bertz CT molecular complexity index is 340. The van der Waals surface area contributed by atoms with E-state index in [0.717, 1.165) is 25.1 Å². The van der Waals surface area contributed by atoms with E-state index in [2.05, 4.69) is 11.9 Å². The van der Waals surface area contributed by atoms with Crippen LogP contribution in [0.15, 0.2) is 18.5 Å². The maximum atomic E-state index is 5.83. The second-order valence-electron chi connectivity index (χ2n) is 3.28. The highest BCUT2D eigenvalue weighted by Gasteiger charge is 2.11. The number of anilines is 2. The van der Waals surface area contributed by atoms with E-state index < -0.39 is 0 Å². The molecule has 0 saturated carbocycles. The van der Waals surface area contributed by atoms with Gasteiger partial charge in [-0.05, 0) is 24.7 Å². The molecule has 0 bridgehead atoms. The van der Waals surface area contributed by atoms with Crippen LogP contribution < -0.4 is 16.4 Å². The van der Waals surface area contributed by atoms with Gasteiger partial charge in [-0.25, -0.2) is 0 Å². The molecule has 0 unspecified atom stereocenters. The molecule has 0 atom stereocenters. The number of hydrogen-bond acceptors (Lipinski definition) is 3. The number of pyridine rings is 1. The topological polar surface area (TPSA) is 68.2 Å². The van der Waals surface area contributed by atoms with Crippen LogP contribution in [-0.2, 0) is 0 Å². The summed E-state index contributed by atoms with van der Waals surface area (Å²) in [6, 6.07) is 1.74. The van der Waals surface area contributed by atoms with E-state index in [4.69, 9.17) is 23.7 Å². The number of nitrogens with two attached hydrogens (primary N) is 2. The van der Waals surface area contributed by atoms with Crippen molar-refractivity contribution in [3.8, 4) is 0 Å². The summed E-state index contributed by atoms with van der Waals surface area (Å²) in [6.45, 7) is 2.89. The fraction of sp³-hybridized carbons (Fsp3) is 0.400. The molecular weight excluding hydrogens is 208 g/mol. The quantitative estimate of drug-likeness (QED) is 0.759. The lowest BCUT2D eigenvalue weighted by Gasteiger charge is -2.23. The minimum Gasteiger partial charge on any atom is -0.397 e. The van der Waals surface area contributed by atoms with Crippen molar-refractivity contribution >= 4 is 28.7 Å². The third-order valence-corrected chi connectivity index (χ3v) is 2.35. The predicted octanol–water partition coefficient (Wildman–Crippen LogP) is 1.51. The molecule has 1 aromatic heterocycles. The summed E-state index contributed by atoms with van der Waals surface area (Å²) in [7, 11) is 0. The molecule has 0 aromatic carbocycles. The Balaban J connectivity index is 2.89. The molecule has 1 heterocycles. The lowest BCUT2D eigenvalue weighted by atomic mass is 10.2. The molecule has 0 saturated heterocycles. The maximum Gasteiger partial charge on any atom is 0.170 e. The summed E-state index contributed by atoms with van der Waals surface area (Å²) in [5, 5.41) is 0.336. The van der Waals surface area contributed by atoms with Crippen molar-refractivity contribution in [1.82, 2.24) is 4.98 Å². The summed E-state index contributed by atoms with van der Waals surface area (Å²) in [4.78, 5) is 5.84. The molecule has 0 spiro atoms. The van der Waals surface area contributed by atoms with Crippen molar-refractivity contribution in [2.75, 3.05) is 17.2 Å². The van der Waals surface area contributed by atoms with Crippen LogP contribution >= 0.6 is 12.2 Å². The highest BCUT2D eigenvalue weighted by Crippen LogP contribution is 2.21. The third-order valence-electron chi connectivity index (χ3n) is 2.12. The smallest absolute Gasteiger partial charge is 0.170 e. The Hall–Kier alpha value is -1.36. The second kappa shape index (κ2) is 5.50. The lowest BCUT2D eigenvalue weighted by molar-refractivity contribution is 0.795. The second-order valence-corrected chi connectivity index (χ2v) is 3.70. The molecule has 0 aliphatic rings. The van der Waals surface area contributed by atoms with E-state index in [-0.39, 0.29) is 0 Å². The zero-order chi connectivity index (χ0) is 11.3. The van der Waals surface area contributed by atoms with E-state index in [9.17, 15) is 0 Å². The first-order valence-electron chi connectivity index (χ1n) is 4.93. The van der Waals surface area contributed by atoms with E-state index in [0.29, 0.717) is 10.8 Å². The molecule has 15 heavy (non-hydrogen) atoms. The van der Waals surface area contributed by atoms with Crippen LogP contribution in [-0.4, -0.2) is 16.6 Å². The molecule has 0 aliphatic heterocycles. The number of hydrogen-bond donors (Lipinski definition) is 2. The first-order chi connectivity index (χ1) is 7.16. The highest BCUT2D eigenvalue weighted by molar-refractivity contribution is 7.80. The number of unbranched alkanes of at least 4 members (excludes halogenated alkanes) is 1. The Morgan fingerprint density at radius 3 is 2.87 bits per heavy atom. The third kappa shape index (κ3) is 3.06. The van der Waals surface area contributed by atoms with Gasteiger partial charge in [-0.15, -0.1) is 0 Å². The summed E-state index contributed by atoms with van der Waals surface area (Å²) < 4.78 is 0. The zero-order valence-corrected chi connectivity index (χ0v) is 9.63. The maximum absolute atomic E-state index is 5.83. The first-order valence-corrected chi connectivity index (χ1v) is 5.34. The molecule has 5 heteroatoms. The molecule has 0 radical (unpaired) electrons. The van der Waals surface area contributed by atoms with Crippen molar-refractivity contribution in [1.29, 1.82) is 0 Å². The molecule has 0 fully saturated rings. The summed E-state index contributed by atoms with van der Waals surface area (Å²) in [5.41, 5.74) is 12.9. The standard InChI is InChI=1S/C10H16N4S/c1-2-3-6-14(10(12)15)9-7-13-5-4-8(9)11/h4-5,7H,2-3,6H2,1H3,(H2,11,13)(H2,12,15). The lowest BCUT2D eigenvalue weighted by Crippen LogP contribution is -2.36. The Kier molecular flexibility index (Phi) is 4.30. The Labute approximate surface area is 95.3 Å². The summed E-state index contributed by atoms with van der Waals surface area (Å²) >= 11 is 4.99. The van der Waals surface area contributed by atoms with Crippen LogP contribution in [0.2, 0.25) is 0 Å². The van der Waals surface area contributed by atoms with Gasteiger partial charge in [0.05, 0.1) is 17.6 Å². The van der Waals surface area contributed by atoms with Gasteiger partial charge >= 0.3 is 0 Å². The van der Waals surface area contributed by atoms with Gasteiger partial charge in [0.15, 0.2) is 5.11 Å². The van der Waals surface area contributed by atoms with Gasteiger partial charge in [0.1, 0.15) is 0 Å². The first kappa shape index (κ1) is 11.7. The average molecular weight is 224 g/mol. The summed E-state index contributed by atoms with van der Waals surface area (Å²) in [5.74, 6) is 0. The van der Waals surface area contributed by atoms with Crippen molar-refractivity contribution in [2.24, 2.45) is 5.73 Å². The van der Waals surface area contributed by atoms with Gasteiger partial charge in [-0.3, -0.25) is 4.98 Å². The Morgan fingerprint density at radius 2 is 2.33 bits per heavy atom. The van der Waals surface area contributed by atoms with Crippen LogP contribution in [0.25, 0.3) is 0 Å². The van der Waals surface area contributed by atoms with E-state index in [1.807, 2.05) is 4.90 Å². The van der Waals surface area contributed by atoms with Crippen molar-refractivity contribution in [3.05, 3.63) is 18.5 Å². The molecule has 4 nitrogen and oxygen atoms in total. The van der Waals surface area contributed by atoms with E-state index in [1.165, 1.54) is 0 Å². The normalized spacial score (nSPS) is 9.93. The molecule has 0 aliphatic carbocycles. The molecule has 4 N–H and O–H groups in total. The molecule has 1 rings (SSSR count). The minimum atomic E-state index is 0.336. The van der Waals surface area contributed by atoms with Gasteiger partial charge in [0, 0.05) is 12.7 Å². The van der Waals surface area contributed by atoms with Crippen LogP contribution in [0.3, 0.4) is 0 Å². The van der Waals surface area contributed by atoms with Gasteiger partial charge in [-0.1, -0.05) is 13.3 Å². The van der Waals surface area contributed by atoms with Crippen LogP contribution in [0.5, 0.6) is 0 Å². The number of nitrogens with zero attached hydrogens (tertiary/aromatic N) is 2. The molecule has 0 amide bonds. The monoisotopic (exact) mass is 224 g/mol. The van der Waals surface area contributed by atoms with Gasteiger partial charge in [0.25, 0.3) is 0 Å². The van der Waals surface area contributed by atoms with E-state index in [1.54, 1.807) is 18.5 Å². The fourth-order valence-corrected chi connectivity index (χ4v) is 1.48. The van der Waals surface area contributed by atoms with Gasteiger partial charge in [-0.2, -0.15) is 0 Å². The molecule has 82 valence electrons. The van der Waals surface area contributed by atoms with Gasteiger partial charge in [0.2, 0.25) is 0 Å². The van der Waals surface area contributed by atoms with Crippen LogP contribution in [0.1, 0.15) is 19.8 Å². The molecular formula is C10H16N4S. The van der Waals surface area contributed by atoms with Crippen molar-refractivity contribution < 1.29 is 0 Å². The molecule has 1 aromatic rings. The SMILES string of the molecule is CCCCN(C(N)=S)c1cnccc1N. The van der Waals surface area contributed by atoms with Gasteiger partial charge < -0.3 is 16.4 Å². The van der Waals surface area contributed by atoms with E-state index >= 15 is 0 Å². The fourth-order valence-electron chi connectivity index (χ4n) is 1.29.